The van der Waals surface area contributed by atoms with Crippen LogP contribution in [-0.2, 0) is 90.1 Å². The molecule has 8 saturated heterocycles. The van der Waals surface area contributed by atoms with E-state index in [2.05, 4.69) is 0 Å². The van der Waals surface area contributed by atoms with Crippen LogP contribution in [0.2, 0.25) is 0 Å². The zero-order valence-electron chi connectivity index (χ0n) is 49.6. The van der Waals surface area contributed by atoms with Crippen LogP contribution in [0.25, 0.3) is 0 Å². The van der Waals surface area contributed by atoms with Crippen molar-refractivity contribution in [3.05, 3.63) is 0 Å². The number of carbonyl (C=O) groups excluding carboxylic acids is 2. The van der Waals surface area contributed by atoms with Gasteiger partial charge in [-0.1, -0.05) is 0 Å². The van der Waals surface area contributed by atoms with E-state index in [1.807, 2.05) is 0 Å². The van der Waals surface area contributed by atoms with Crippen LogP contribution in [0.3, 0.4) is 0 Å². The third-order valence-electron chi connectivity index (χ3n) is 17.1. The van der Waals surface area contributed by atoms with E-state index in [9.17, 15) is 112 Å². The molecule has 8 aliphatic heterocycles. The van der Waals surface area contributed by atoms with Crippen molar-refractivity contribution in [1.82, 2.24) is 0 Å². The first-order valence-corrected chi connectivity index (χ1v) is 29.4. The second kappa shape index (κ2) is 31.4. The zero-order valence-corrected chi connectivity index (χ0v) is 49.6. The highest BCUT2D eigenvalue weighted by Gasteiger charge is 2.60. The minimum atomic E-state index is -2.26. The van der Waals surface area contributed by atoms with Gasteiger partial charge in [-0.3, -0.25) is 9.59 Å². The number of aliphatic hydroxyl groups excluding tert-OH is 20. The van der Waals surface area contributed by atoms with Crippen molar-refractivity contribution in [2.24, 2.45) is 0 Å². The van der Waals surface area contributed by atoms with Crippen LogP contribution in [-0.4, -0.2) is 386 Å². The lowest BCUT2D eigenvalue weighted by Gasteiger charge is -2.50. The van der Waals surface area contributed by atoms with Gasteiger partial charge in [-0.2, -0.15) is 0 Å². The fraction of sp³-hybridized carbons (Fsp3) is 0.962. The van der Waals surface area contributed by atoms with E-state index in [1.165, 1.54) is 27.7 Å². The van der Waals surface area contributed by atoms with Crippen molar-refractivity contribution >= 4 is 11.9 Å². The predicted molar refractivity (Wildman–Crippen MR) is 278 cm³/mol. The molecule has 8 aliphatic rings. The van der Waals surface area contributed by atoms with Gasteiger partial charge in [0.25, 0.3) is 0 Å². The second-order valence-electron chi connectivity index (χ2n) is 23.5. The minimum Gasteiger partial charge on any atom is -0.454 e. The van der Waals surface area contributed by atoms with Crippen LogP contribution < -0.4 is 0 Å². The molecular weight excluding hydrogens is 1250 g/mol. The Kier molecular flexibility index (Phi) is 25.6. The number of rotatable bonds is 20. The van der Waals surface area contributed by atoms with Gasteiger partial charge in [0.15, 0.2) is 62.5 Å². The lowest BCUT2D eigenvalue weighted by molar-refractivity contribution is -0.405. The number of esters is 2. The van der Waals surface area contributed by atoms with Crippen molar-refractivity contribution in [3.8, 4) is 0 Å². The monoisotopic (exact) mass is 1330 g/mol. The molecule has 8 rings (SSSR count). The van der Waals surface area contributed by atoms with Crippen LogP contribution in [0.15, 0.2) is 0 Å². The van der Waals surface area contributed by atoms with E-state index >= 15 is 0 Å². The van der Waals surface area contributed by atoms with Gasteiger partial charge in [0.2, 0.25) is 0 Å². The van der Waals surface area contributed by atoms with Crippen LogP contribution in [0.4, 0.5) is 0 Å². The molecule has 91 heavy (non-hydrogen) atoms. The Balaban J connectivity index is 1.02. The predicted octanol–water partition coefficient (Wildman–Crippen LogP) is -13.2. The SMILES string of the molecule is CC(=O)O[C@H]1[C@@H](O[C@@H]2[C@@H](O)[C@H](C)O[C@@H](O)[C@@H]2O)O[C@H](CO)[C@@H](O)[C@@H]1O[C@H]1O[C@H](CO)[C@H](O)[C@H](O)[C@H]1O[C@@H]1O[C@@H](C)[C@H](O)[C@@H](O[C@@H]2O[C@@H](C)[C@H](O)[C@@H](O[C@H]3O[C@H](CO)[C@@H](O)[C@H](O[C@H]4O[C@H](CO)[C@H](O)[C@H](O)[C@H]4O[C@@H]4O[C@@H](C)[C@H](O)[C@@H](O)[C@H]4O)[C@H]3OC(C)=O)[C@H]2O)[C@H]1O. The van der Waals surface area contributed by atoms with E-state index in [-0.39, 0.29) is 0 Å². The topological polar surface area (TPSA) is 596 Å². The molecule has 0 unspecified atom stereocenters. The zero-order chi connectivity index (χ0) is 67.1. The normalized spacial score (nSPS) is 52.5. The Labute approximate surface area is 516 Å². The molecule has 0 aromatic heterocycles. The quantitative estimate of drug-likeness (QED) is 0.0503. The highest BCUT2D eigenvalue weighted by Crippen LogP contribution is 2.40. The van der Waals surface area contributed by atoms with Crippen LogP contribution in [0.1, 0.15) is 41.5 Å². The van der Waals surface area contributed by atoms with Crippen molar-refractivity contribution in [1.29, 1.82) is 0 Å². The maximum atomic E-state index is 12.9. The minimum absolute atomic E-state index is 0.890. The molecule has 20 N–H and O–H groups in total. The van der Waals surface area contributed by atoms with Gasteiger partial charge in [0.1, 0.15) is 159 Å². The van der Waals surface area contributed by atoms with Crippen LogP contribution in [0.5, 0.6) is 0 Å². The van der Waals surface area contributed by atoms with Gasteiger partial charge < -0.3 is 183 Å². The summed E-state index contributed by atoms with van der Waals surface area (Å²) in [5.74, 6) is -2.20. The molecule has 0 spiro atoms. The molecule has 528 valence electrons. The molecule has 40 atom stereocenters. The first-order chi connectivity index (χ1) is 42.9. The van der Waals surface area contributed by atoms with Crippen molar-refractivity contribution < 1.29 is 192 Å². The summed E-state index contributed by atoms with van der Waals surface area (Å²) in [6, 6.07) is 0. The molecular formula is C52H86O39. The molecule has 0 aromatic carbocycles. The molecule has 0 bridgehead atoms. The Morgan fingerprint density at radius 1 is 0.264 bits per heavy atom. The average Bonchev–Trinajstić information content (AvgIpc) is 1.08. The maximum absolute atomic E-state index is 12.9. The van der Waals surface area contributed by atoms with Gasteiger partial charge in [-0.15, -0.1) is 0 Å². The summed E-state index contributed by atoms with van der Waals surface area (Å²) in [4.78, 5) is 25.5. The van der Waals surface area contributed by atoms with Gasteiger partial charge >= 0.3 is 11.9 Å². The molecule has 0 aromatic rings. The Hall–Kier alpha value is -2.46. The first kappa shape index (κ1) is 74.3. The third-order valence-corrected chi connectivity index (χ3v) is 17.1. The molecule has 8 fully saturated rings. The van der Waals surface area contributed by atoms with Crippen LogP contribution >= 0.6 is 0 Å². The standard InChI is InChI=1S/C52H86O39/c1-11-21(59)29(67)32(70)46(76-11)90-41-30(68)25(63)17(7-53)81-49(41)88-40-28(66)20(10-56)84-52(44(40)80-16(6)58)87-38-24(62)14(4)77-47(35(38)73)85-37-23(61)13(3)78-48(34(37)72)91-42-31(69)26(64)18(8-54)82-50(42)89-39-27(65)19(9-55)83-51(43(39)79-15(5)57)86-36-22(60)12(2)75-45(74)33(36)71/h11-14,17-56,59-74H,7-10H2,1-6H3/t11-,12-,13-,14-,17+,18+,19+,20+,21-,22-,23-,24-,25-,26-,27+,28+,29+,30-,31-,32+,33+,34+,35+,36+,37+,38+,39-,40-,41+,42+,43+,44+,45+,46-,47-,48-,49+,50+,51+,52+/m0/s1. The number of hydrogen-bond acceptors (Lipinski definition) is 39. The molecule has 0 radical (unpaired) electrons. The first-order valence-electron chi connectivity index (χ1n) is 29.4. The van der Waals surface area contributed by atoms with Gasteiger partial charge in [0, 0.05) is 13.8 Å². The number of aliphatic hydroxyl groups is 20. The summed E-state index contributed by atoms with van der Waals surface area (Å²) in [7, 11) is 0. The third kappa shape index (κ3) is 15.8. The Morgan fingerprint density at radius 2 is 0.538 bits per heavy atom. The van der Waals surface area contributed by atoms with Crippen molar-refractivity contribution in [3.63, 3.8) is 0 Å². The van der Waals surface area contributed by atoms with Crippen molar-refractivity contribution in [2.45, 2.75) is 287 Å². The van der Waals surface area contributed by atoms with Gasteiger partial charge in [0.05, 0.1) is 50.8 Å². The largest absolute Gasteiger partial charge is 0.454 e. The molecule has 0 amide bonds. The fourth-order valence-corrected chi connectivity index (χ4v) is 11.8. The lowest BCUT2D eigenvalue weighted by Crippen LogP contribution is -2.69. The summed E-state index contributed by atoms with van der Waals surface area (Å²) in [6.07, 6.45) is -76.2. The van der Waals surface area contributed by atoms with E-state index in [4.69, 9.17) is 80.5 Å². The highest BCUT2D eigenvalue weighted by atomic mass is 16.8. The van der Waals surface area contributed by atoms with Gasteiger partial charge in [-0.05, 0) is 27.7 Å². The molecule has 0 aliphatic carbocycles. The van der Waals surface area contributed by atoms with E-state index < -0.39 is 284 Å². The summed E-state index contributed by atoms with van der Waals surface area (Å²) in [5.41, 5.74) is 0. The molecule has 39 heteroatoms. The summed E-state index contributed by atoms with van der Waals surface area (Å²) in [5, 5.41) is 220. The van der Waals surface area contributed by atoms with Crippen LogP contribution in [0, 0.1) is 0 Å². The smallest absolute Gasteiger partial charge is 0.303 e. The maximum Gasteiger partial charge on any atom is 0.303 e. The second-order valence-corrected chi connectivity index (χ2v) is 23.5. The summed E-state index contributed by atoms with van der Waals surface area (Å²) in [6.45, 7) is 2.84. The van der Waals surface area contributed by atoms with Crippen molar-refractivity contribution in [2.75, 3.05) is 26.4 Å². The van der Waals surface area contributed by atoms with E-state index in [1.54, 1.807) is 0 Å². The highest BCUT2D eigenvalue weighted by molar-refractivity contribution is 5.66. The Bertz CT molecular complexity index is 2290. The fourth-order valence-electron chi connectivity index (χ4n) is 11.8. The molecule has 39 nitrogen and oxygen atoms in total. The molecule has 8 heterocycles. The number of carbonyl (C=O) groups is 2. The Morgan fingerprint density at radius 3 is 0.890 bits per heavy atom. The lowest BCUT2D eigenvalue weighted by atomic mass is 9.95. The summed E-state index contributed by atoms with van der Waals surface area (Å²) >= 11 is 0. The number of ether oxygens (including phenoxy) is 17. The summed E-state index contributed by atoms with van der Waals surface area (Å²) < 4.78 is 98.2. The van der Waals surface area contributed by atoms with Gasteiger partial charge in [-0.25, -0.2) is 0 Å². The van der Waals surface area contributed by atoms with E-state index in [0.29, 0.717) is 0 Å². The van der Waals surface area contributed by atoms with E-state index in [0.717, 1.165) is 13.8 Å². The average molecular weight is 1340 g/mol. The number of hydrogen-bond donors (Lipinski definition) is 20. The molecule has 0 saturated carbocycles.